The first-order chi connectivity index (χ1) is 13.7. The van der Waals surface area contributed by atoms with Gasteiger partial charge in [0, 0.05) is 63.5 Å². The van der Waals surface area contributed by atoms with E-state index in [-0.39, 0.29) is 8.64 Å². The van der Waals surface area contributed by atoms with Gasteiger partial charge in [-0.1, -0.05) is 12.1 Å². The number of hydrogen-bond acceptors (Lipinski definition) is 6. The lowest BCUT2D eigenvalue weighted by atomic mass is 10.0. The molecule has 4 rings (SSSR count). The van der Waals surface area contributed by atoms with Crippen molar-refractivity contribution in [2.75, 3.05) is 31.1 Å². The summed E-state index contributed by atoms with van der Waals surface area (Å²) in [5.41, 5.74) is 3.52. The fourth-order valence-electron chi connectivity index (χ4n) is 3.39. The highest BCUT2D eigenvalue weighted by molar-refractivity contribution is 6.09. The summed E-state index contributed by atoms with van der Waals surface area (Å²) < 4.78 is 0. The number of pyridine rings is 3. The molecule has 1 saturated heterocycles. The van der Waals surface area contributed by atoms with Crippen molar-refractivity contribution in [1.82, 2.24) is 20.3 Å². The zero-order chi connectivity index (χ0) is 19.3. The summed E-state index contributed by atoms with van der Waals surface area (Å²) in [5.74, 6) is 0.745. The Hall–Kier alpha value is -3.12. The second kappa shape index (κ2) is 8.27. The van der Waals surface area contributed by atoms with Gasteiger partial charge in [-0.15, -0.1) is 0 Å². The number of aryl methyl sites for hydroxylation is 1. The Kier molecular flexibility index (Phi) is 5.39. The van der Waals surface area contributed by atoms with E-state index in [2.05, 4.69) is 25.2 Å². The lowest BCUT2D eigenvalue weighted by Gasteiger charge is -2.21. The normalized spacial score (nSPS) is 14.5. The third-order valence-corrected chi connectivity index (χ3v) is 4.96. The first-order valence-corrected chi connectivity index (χ1v) is 9.57. The summed E-state index contributed by atoms with van der Waals surface area (Å²) in [6.07, 6.45) is 6.34. The molecule has 1 aliphatic rings. The summed E-state index contributed by atoms with van der Waals surface area (Å²) >= 11 is 0. The molecule has 4 heterocycles. The number of nitrogens with one attached hydrogen (secondary N) is 1. The Morgan fingerprint density at radius 3 is 2.89 bits per heavy atom. The lowest BCUT2D eigenvalue weighted by Crippen LogP contribution is -2.29. The number of rotatable bonds is 4. The van der Waals surface area contributed by atoms with Crippen molar-refractivity contribution in [3.05, 3.63) is 71.9 Å². The van der Waals surface area contributed by atoms with Crippen LogP contribution >= 0.6 is 0 Å². The fraction of sp³-hybridized carbons (Fsp3) is 0.273. The van der Waals surface area contributed by atoms with E-state index >= 15 is 0 Å². The van der Waals surface area contributed by atoms with Crippen LogP contribution in [0.3, 0.4) is 0 Å². The third-order valence-electron chi connectivity index (χ3n) is 4.96. The minimum Gasteiger partial charge on any atom is -0.355 e. The number of anilines is 1. The standard InChI is InChI=1S/C22H23N5O.2H2/c1-16-19(13-18(15-25-16)17-5-3-8-24-14-17)22(28)20-6-2-7-21(26-20)27-11-4-9-23-10-12-27;;/h2-3,5-8,13-15,23H,4,9-12H2,1H3;2*1H. The second-order valence-corrected chi connectivity index (χ2v) is 6.90. The molecule has 0 saturated carbocycles. The summed E-state index contributed by atoms with van der Waals surface area (Å²) in [6.45, 7) is 5.62. The van der Waals surface area contributed by atoms with Crippen LogP contribution in [0.25, 0.3) is 11.1 Å². The molecule has 0 bridgehead atoms. The second-order valence-electron chi connectivity index (χ2n) is 6.90. The summed E-state index contributed by atoms with van der Waals surface area (Å²) in [5, 5.41) is 3.39. The predicted octanol–water partition coefficient (Wildman–Crippen LogP) is 3.37. The molecule has 0 spiro atoms. The summed E-state index contributed by atoms with van der Waals surface area (Å²) in [4.78, 5) is 28.7. The molecule has 0 amide bonds. The number of carbonyl (C=O) groups is 1. The van der Waals surface area contributed by atoms with Crippen molar-refractivity contribution in [2.24, 2.45) is 0 Å². The molecule has 1 N–H and O–H groups in total. The Labute approximate surface area is 167 Å². The van der Waals surface area contributed by atoms with Crippen LogP contribution in [0.5, 0.6) is 0 Å². The molecule has 0 atom stereocenters. The van der Waals surface area contributed by atoms with E-state index < -0.39 is 0 Å². The van der Waals surface area contributed by atoms with E-state index in [4.69, 9.17) is 0 Å². The number of hydrogen-bond donors (Lipinski definition) is 1. The van der Waals surface area contributed by atoms with Gasteiger partial charge >= 0.3 is 0 Å². The van der Waals surface area contributed by atoms with Crippen LogP contribution in [0.2, 0.25) is 0 Å². The molecule has 3 aromatic rings. The van der Waals surface area contributed by atoms with Gasteiger partial charge < -0.3 is 10.2 Å². The Morgan fingerprint density at radius 1 is 1.11 bits per heavy atom. The van der Waals surface area contributed by atoms with Gasteiger partial charge in [-0.2, -0.15) is 0 Å². The van der Waals surface area contributed by atoms with Crippen LogP contribution in [0.1, 0.15) is 31.0 Å². The molecular formula is C22H27N5O. The van der Waals surface area contributed by atoms with E-state index in [1.165, 1.54) is 0 Å². The van der Waals surface area contributed by atoms with Gasteiger partial charge in [0.1, 0.15) is 11.5 Å². The van der Waals surface area contributed by atoms with E-state index in [9.17, 15) is 4.79 Å². The fourth-order valence-corrected chi connectivity index (χ4v) is 3.39. The largest absolute Gasteiger partial charge is 0.355 e. The molecule has 3 aromatic heterocycles. The highest BCUT2D eigenvalue weighted by Gasteiger charge is 2.18. The van der Waals surface area contributed by atoms with Crippen LogP contribution in [-0.4, -0.2) is 46.9 Å². The molecule has 6 nitrogen and oxygen atoms in total. The highest BCUT2D eigenvalue weighted by atomic mass is 16.1. The van der Waals surface area contributed by atoms with Crippen molar-refractivity contribution in [1.29, 1.82) is 0 Å². The SMILES string of the molecule is Cc1ncc(-c2cccnc2)cc1C(=O)c1cccc(N2CCCNCC2)n1.[HH].[HH]. The molecule has 146 valence electrons. The van der Waals surface area contributed by atoms with Gasteiger partial charge in [0.05, 0.1) is 0 Å². The maximum Gasteiger partial charge on any atom is 0.213 e. The number of carbonyl (C=O) groups excluding carboxylic acids is 1. The van der Waals surface area contributed by atoms with Gasteiger partial charge in [0.2, 0.25) is 5.78 Å². The molecule has 1 aliphatic heterocycles. The minimum absolute atomic E-state index is 0. The smallest absolute Gasteiger partial charge is 0.213 e. The Bertz CT molecular complexity index is 976. The minimum atomic E-state index is -0.106. The first kappa shape index (κ1) is 18.3. The molecule has 0 unspecified atom stereocenters. The van der Waals surface area contributed by atoms with Crippen LogP contribution < -0.4 is 10.2 Å². The Balaban J connectivity index is 0.00000160. The van der Waals surface area contributed by atoms with E-state index in [1.807, 2.05) is 37.3 Å². The summed E-state index contributed by atoms with van der Waals surface area (Å²) in [6, 6.07) is 11.4. The van der Waals surface area contributed by atoms with Gasteiger partial charge in [-0.05, 0) is 44.2 Å². The molecule has 0 aliphatic carbocycles. The van der Waals surface area contributed by atoms with Crippen LogP contribution in [0.15, 0.2) is 55.0 Å². The molecular weight excluding hydrogens is 350 g/mol. The van der Waals surface area contributed by atoms with Gasteiger partial charge in [-0.3, -0.25) is 14.8 Å². The topological polar surface area (TPSA) is 71.0 Å². The van der Waals surface area contributed by atoms with E-state index in [0.29, 0.717) is 17.0 Å². The summed E-state index contributed by atoms with van der Waals surface area (Å²) in [7, 11) is 0. The van der Waals surface area contributed by atoms with E-state index in [0.717, 1.165) is 49.5 Å². The number of ketones is 1. The van der Waals surface area contributed by atoms with Crippen molar-refractivity contribution in [3.63, 3.8) is 0 Å². The van der Waals surface area contributed by atoms with Gasteiger partial charge in [0.15, 0.2) is 0 Å². The van der Waals surface area contributed by atoms with Crippen molar-refractivity contribution in [2.45, 2.75) is 13.3 Å². The van der Waals surface area contributed by atoms with Crippen LogP contribution in [0.4, 0.5) is 5.82 Å². The molecule has 6 heteroatoms. The average molecular weight is 377 g/mol. The molecule has 1 fully saturated rings. The van der Waals surface area contributed by atoms with Gasteiger partial charge in [-0.25, -0.2) is 4.98 Å². The van der Waals surface area contributed by atoms with Crippen molar-refractivity contribution >= 4 is 11.6 Å². The van der Waals surface area contributed by atoms with Crippen LogP contribution in [0, 0.1) is 6.92 Å². The number of aromatic nitrogens is 3. The third kappa shape index (κ3) is 3.92. The highest BCUT2D eigenvalue weighted by Crippen LogP contribution is 2.22. The van der Waals surface area contributed by atoms with E-state index in [1.54, 1.807) is 24.7 Å². The molecule has 0 aromatic carbocycles. The zero-order valence-corrected chi connectivity index (χ0v) is 15.9. The average Bonchev–Trinajstić information content (AvgIpc) is 3.04. The molecule has 0 radical (unpaired) electrons. The quantitative estimate of drug-likeness (QED) is 0.703. The maximum atomic E-state index is 13.2. The Morgan fingerprint density at radius 2 is 2.04 bits per heavy atom. The monoisotopic (exact) mass is 377 g/mol. The first-order valence-electron chi connectivity index (χ1n) is 9.57. The molecule has 28 heavy (non-hydrogen) atoms. The van der Waals surface area contributed by atoms with Crippen LogP contribution in [-0.2, 0) is 0 Å². The number of nitrogens with zero attached hydrogens (tertiary/aromatic N) is 4. The van der Waals surface area contributed by atoms with Crippen molar-refractivity contribution < 1.29 is 7.65 Å². The van der Waals surface area contributed by atoms with Crippen molar-refractivity contribution in [3.8, 4) is 11.1 Å². The maximum absolute atomic E-state index is 13.2. The lowest BCUT2D eigenvalue weighted by molar-refractivity contribution is 0.103. The predicted molar refractivity (Wildman–Crippen MR) is 114 cm³/mol. The zero-order valence-electron chi connectivity index (χ0n) is 15.9. The van der Waals surface area contributed by atoms with Gasteiger partial charge in [0.25, 0.3) is 0 Å².